The summed E-state index contributed by atoms with van der Waals surface area (Å²) in [5.74, 6) is 0. The van der Waals surface area contributed by atoms with Crippen LogP contribution in [-0.4, -0.2) is 35.8 Å². The first kappa shape index (κ1) is 14.2. The van der Waals surface area contributed by atoms with Gasteiger partial charge in [-0.2, -0.15) is 0 Å². The molecule has 106 valence electrons. The quantitative estimate of drug-likeness (QED) is 0.795. The van der Waals surface area contributed by atoms with Gasteiger partial charge in [-0.05, 0) is 19.9 Å². The van der Waals surface area contributed by atoms with E-state index in [1.165, 1.54) is 0 Å². The molecule has 0 atom stereocenters. The third kappa shape index (κ3) is 4.44. The summed E-state index contributed by atoms with van der Waals surface area (Å²) in [5.41, 5.74) is 2.12. The van der Waals surface area contributed by atoms with E-state index in [0.29, 0.717) is 6.01 Å². The van der Waals surface area contributed by atoms with Gasteiger partial charge in [-0.25, -0.2) is 9.97 Å². The summed E-state index contributed by atoms with van der Waals surface area (Å²) in [5, 5.41) is 3.36. The van der Waals surface area contributed by atoms with Crippen molar-refractivity contribution in [3.63, 3.8) is 0 Å². The summed E-state index contributed by atoms with van der Waals surface area (Å²) in [7, 11) is 0. The molecule has 0 radical (unpaired) electrons. The van der Waals surface area contributed by atoms with Crippen molar-refractivity contribution >= 4 is 0 Å². The largest absolute Gasteiger partial charge is 0.460 e. The Kier molecular flexibility index (Phi) is 5.54. The minimum absolute atomic E-state index is 0.192. The molecule has 0 amide bonds. The SMILES string of the molecule is CCCNCc1cnc(OC2CCOCC2)nc1C. The summed E-state index contributed by atoms with van der Waals surface area (Å²) in [6.45, 7) is 7.52. The van der Waals surface area contributed by atoms with E-state index >= 15 is 0 Å². The molecule has 1 aromatic rings. The van der Waals surface area contributed by atoms with E-state index in [-0.39, 0.29) is 6.10 Å². The Balaban J connectivity index is 1.90. The van der Waals surface area contributed by atoms with Gasteiger partial charge in [0.25, 0.3) is 0 Å². The topological polar surface area (TPSA) is 56.3 Å². The van der Waals surface area contributed by atoms with Crippen LogP contribution in [0.5, 0.6) is 6.01 Å². The van der Waals surface area contributed by atoms with Crippen LogP contribution in [0.1, 0.15) is 37.4 Å². The van der Waals surface area contributed by atoms with Crippen molar-refractivity contribution in [2.75, 3.05) is 19.8 Å². The average molecular weight is 265 g/mol. The van der Waals surface area contributed by atoms with E-state index in [9.17, 15) is 0 Å². The number of nitrogens with zero attached hydrogens (tertiary/aromatic N) is 2. The predicted molar refractivity (Wildman–Crippen MR) is 73.2 cm³/mol. The van der Waals surface area contributed by atoms with E-state index in [1.54, 1.807) is 0 Å². The van der Waals surface area contributed by atoms with Gasteiger partial charge < -0.3 is 14.8 Å². The monoisotopic (exact) mass is 265 g/mol. The zero-order valence-corrected chi connectivity index (χ0v) is 11.8. The molecule has 1 fully saturated rings. The zero-order valence-electron chi connectivity index (χ0n) is 11.8. The predicted octanol–water partition coefficient (Wildman–Crippen LogP) is 1.84. The Morgan fingerprint density at radius 3 is 2.89 bits per heavy atom. The fourth-order valence-electron chi connectivity index (χ4n) is 2.04. The second-order valence-corrected chi connectivity index (χ2v) is 4.87. The fraction of sp³-hybridized carbons (Fsp3) is 0.714. The Morgan fingerprint density at radius 1 is 1.42 bits per heavy atom. The molecule has 0 bridgehead atoms. The van der Waals surface area contributed by atoms with Crippen molar-refractivity contribution in [1.29, 1.82) is 0 Å². The highest BCUT2D eigenvalue weighted by atomic mass is 16.5. The second kappa shape index (κ2) is 7.40. The summed E-state index contributed by atoms with van der Waals surface area (Å²) < 4.78 is 11.1. The molecule has 1 aromatic heterocycles. The number of rotatable bonds is 6. The van der Waals surface area contributed by atoms with Crippen molar-refractivity contribution in [3.05, 3.63) is 17.5 Å². The molecule has 1 saturated heterocycles. The van der Waals surface area contributed by atoms with Crippen LogP contribution in [0.4, 0.5) is 0 Å². The maximum atomic E-state index is 5.79. The van der Waals surface area contributed by atoms with Gasteiger partial charge in [0.15, 0.2) is 0 Å². The van der Waals surface area contributed by atoms with Gasteiger partial charge in [0.1, 0.15) is 6.10 Å². The van der Waals surface area contributed by atoms with Crippen LogP contribution in [0.3, 0.4) is 0 Å². The van der Waals surface area contributed by atoms with Crippen LogP contribution in [0.2, 0.25) is 0 Å². The Hall–Kier alpha value is -1.20. The number of hydrogen-bond acceptors (Lipinski definition) is 5. The van der Waals surface area contributed by atoms with Gasteiger partial charge in [0.2, 0.25) is 0 Å². The number of hydrogen-bond donors (Lipinski definition) is 1. The Labute approximate surface area is 114 Å². The van der Waals surface area contributed by atoms with Gasteiger partial charge >= 0.3 is 6.01 Å². The normalized spacial score (nSPS) is 16.5. The van der Waals surface area contributed by atoms with Crippen LogP contribution in [-0.2, 0) is 11.3 Å². The summed E-state index contributed by atoms with van der Waals surface area (Å²) in [4.78, 5) is 8.73. The van der Waals surface area contributed by atoms with Crippen LogP contribution in [0, 0.1) is 6.92 Å². The minimum Gasteiger partial charge on any atom is -0.460 e. The molecule has 5 heteroatoms. The summed E-state index contributed by atoms with van der Waals surface area (Å²) >= 11 is 0. The highest BCUT2D eigenvalue weighted by Gasteiger charge is 2.16. The second-order valence-electron chi connectivity index (χ2n) is 4.87. The molecule has 2 rings (SSSR count). The third-order valence-corrected chi connectivity index (χ3v) is 3.24. The highest BCUT2D eigenvalue weighted by molar-refractivity contribution is 5.17. The van der Waals surface area contributed by atoms with E-state index < -0.39 is 0 Å². The molecule has 1 N–H and O–H groups in total. The Morgan fingerprint density at radius 2 is 2.21 bits per heavy atom. The van der Waals surface area contributed by atoms with Gasteiger partial charge in [0, 0.05) is 36.8 Å². The van der Waals surface area contributed by atoms with E-state index in [4.69, 9.17) is 9.47 Å². The highest BCUT2D eigenvalue weighted by Crippen LogP contribution is 2.15. The molecule has 19 heavy (non-hydrogen) atoms. The van der Waals surface area contributed by atoms with Gasteiger partial charge in [-0.15, -0.1) is 0 Å². The van der Waals surface area contributed by atoms with Crippen molar-refractivity contribution < 1.29 is 9.47 Å². The number of aromatic nitrogens is 2. The van der Waals surface area contributed by atoms with Crippen molar-refractivity contribution in [1.82, 2.24) is 15.3 Å². The first-order valence-corrected chi connectivity index (χ1v) is 7.07. The van der Waals surface area contributed by atoms with Crippen LogP contribution in [0.25, 0.3) is 0 Å². The van der Waals surface area contributed by atoms with Crippen molar-refractivity contribution in [2.24, 2.45) is 0 Å². The average Bonchev–Trinajstić information content (AvgIpc) is 2.43. The fourth-order valence-corrected chi connectivity index (χ4v) is 2.04. The molecule has 0 aliphatic carbocycles. The van der Waals surface area contributed by atoms with E-state index in [1.807, 2.05) is 13.1 Å². The first-order valence-electron chi connectivity index (χ1n) is 7.07. The molecule has 1 aliphatic heterocycles. The van der Waals surface area contributed by atoms with Crippen LogP contribution >= 0.6 is 0 Å². The summed E-state index contributed by atoms with van der Waals surface area (Å²) in [6.07, 6.45) is 5.02. The number of aryl methyl sites for hydroxylation is 1. The molecular formula is C14H23N3O2. The molecule has 1 aliphatic rings. The minimum atomic E-state index is 0.192. The lowest BCUT2D eigenvalue weighted by Gasteiger charge is -2.22. The molecule has 0 saturated carbocycles. The van der Waals surface area contributed by atoms with Crippen molar-refractivity contribution in [3.8, 4) is 6.01 Å². The lowest BCUT2D eigenvalue weighted by molar-refractivity contribution is 0.0216. The van der Waals surface area contributed by atoms with Crippen molar-refractivity contribution in [2.45, 2.75) is 45.8 Å². The number of ether oxygens (including phenoxy) is 2. The molecule has 0 aromatic carbocycles. The molecule has 0 unspecified atom stereocenters. The Bertz CT molecular complexity index is 392. The lowest BCUT2D eigenvalue weighted by Crippen LogP contribution is -2.26. The van der Waals surface area contributed by atoms with Gasteiger partial charge in [-0.3, -0.25) is 0 Å². The van der Waals surface area contributed by atoms with Gasteiger partial charge in [0.05, 0.1) is 13.2 Å². The third-order valence-electron chi connectivity index (χ3n) is 3.24. The molecule has 5 nitrogen and oxygen atoms in total. The lowest BCUT2D eigenvalue weighted by atomic mass is 10.2. The molecular weight excluding hydrogens is 242 g/mol. The maximum absolute atomic E-state index is 5.79. The summed E-state index contributed by atoms with van der Waals surface area (Å²) in [6, 6.07) is 0.489. The maximum Gasteiger partial charge on any atom is 0.316 e. The van der Waals surface area contributed by atoms with Gasteiger partial charge in [-0.1, -0.05) is 6.92 Å². The molecule has 0 spiro atoms. The van der Waals surface area contributed by atoms with Crippen LogP contribution in [0.15, 0.2) is 6.20 Å². The van der Waals surface area contributed by atoms with E-state index in [0.717, 1.165) is 56.8 Å². The zero-order chi connectivity index (χ0) is 13.5. The first-order chi connectivity index (χ1) is 9.29. The van der Waals surface area contributed by atoms with E-state index in [2.05, 4.69) is 22.2 Å². The molecule has 2 heterocycles. The van der Waals surface area contributed by atoms with Crippen LogP contribution < -0.4 is 10.1 Å². The standard InChI is InChI=1S/C14H23N3O2/c1-3-6-15-9-12-10-16-14(17-11(12)2)19-13-4-7-18-8-5-13/h10,13,15H,3-9H2,1-2H3. The smallest absolute Gasteiger partial charge is 0.316 e. The number of nitrogens with one attached hydrogen (secondary N) is 1.